The number of hydrogen-bond acceptors (Lipinski definition) is 5. The molecule has 0 saturated carbocycles. The molecule has 0 radical (unpaired) electrons. The first kappa shape index (κ1) is 18.7. The first-order valence-electron chi connectivity index (χ1n) is 9.94. The van der Waals surface area contributed by atoms with Gasteiger partial charge in [-0.05, 0) is 57.0 Å². The van der Waals surface area contributed by atoms with E-state index < -0.39 is 0 Å². The normalized spacial score (nSPS) is 17.2. The van der Waals surface area contributed by atoms with Crippen LogP contribution >= 0.6 is 0 Å². The van der Waals surface area contributed by atoms with E-state index in [2.05, 4.69) is 28.9 Å². The van der Waals surface area contributed by atoms with Crippen molar-refractivity contribution in [3.8, 4) is 28.3 Å². The fourth-order valence-electron chi connectivity index (χ4n) is 3.85. The van der Waals surface area contributed by atoms with Gasteiger partial charge in [0.05, 0.1) is 19.0 Å². The van der Waals surface area contributed by atoms with Crippen molar-refractivity contribution in [1.29, 1.82) is 0 Å². The lowest BCUT2D eigenvalue weighted by Gasteiger charge is -2.20. The van der Waals surface area contributed by atoms with Gasteiger partial charge in [0.15, 0.2) is 0 Å². The summed E-state index contributed by atoms with van der Waals surface area (Å²) in [6.45, 7) is 6.57. The van der Waals surface area contributed by atoms with Crippen LogP contribution in [0.25, 0.3) is 22.6 Å². The Hall–Kier alpha value is -2.66. The highest BCUT2D eigenvalue weighted by atomic mass is 16.5. The molecule has 0 N–H and O–H groups in total. The van der Waals surface area contributed by atoms with E-state index in [1.165, 1.54) is 19.4 Å². The Kier molecular flexibility index (Phi) is 5.44. The predicted octanol–water partition coefficient (Wildman–Crippen LogP) is 4.75. The highest BCUT2D eigenvalue weighted by Crippen LogP contribution is 2.27. The van der Waals surface area contributed by atoms with E-state index in [0.29, 0.717) is 11.9 Å². The maximum absolute atomic E-state index is 5.96. The smallest absolute Gasteiger partial charge is 0.226 e. The molecule has 0 aliphatic carbocycles. The van der Waals surface area contributed by atoms with Gasteiger partial charge < -0.3 is 14.1 Å². The van der Waals surface area contributed by atoms with E-state index in [0.717, 1.165) is 46.9 Å². The summed E-state index contributed by atoms with van der Waals surface area (Å²) in [5, 5.41) is 0. The van der Waals surface area contributed by atoms with Crippen LogP contribution in [0.3, 0.4) is 0 Å². The van der Waals surface area contributed by atoms with Gasteiger partial charge in [0.1, 0.15) is 11.5 Å². The van der Waals surface area contributed by atoms with E-state index in [1.54, 1.807) is 13.3 Å². The number of oxazole rings is 1. The summed E-state index contributed by atoms with van der Waals surface area (Å²) in [5.41, 5.74) is 4.16. The Balaban J connectivity index is 1.48. The molecule has 0 amide bonds. The zero-order valence-corrected chi connectivity index (χ0v) is 16.8. The highest BCUT2D eigenvalue weighted by Gasteiger charge is 2.21. The van der Waals surface area contributed by atoms with E-state index in [-0.39, 0.29) is 0 Å². The molecule has 1 fully saturated rings. The maximum Gasteiger partial charge on any atom is 0.226 e. The number of pyridine rings is 1. The van der Waals surface area contributed by atoms with Crippen molar-refractivity contribution in [2.45, 2.75) is 39.2 Å². The summed E-state index contributed by atoms with van der Waals surface area (Å²) in [6.07, 6.45) is 7.09. The monoisotopic (exact) mass is 377 g/mol. The van der Waals surface area contributed by atoms with Crippen molar-refractivity contribution >= 4 is 0 Å². The van der Waals surface area contributed by atoms with Crippen molar-refractivity contribution in [2.24, 2.45) is 0 Å². The predicted molar refractivity (Wildman–Crippen MR) is 110 cm³/mol. The van der Waals surface area contributed by atoms with Crippen LogP contribution in [0.5, 0.6) is 5.75 Å². The molecule has 3 heterocycles. The second-order valence-corrected chi connectivity index (χ2v) is 7.49. The molecule has 1 saturated heterocycles. The van der Waals surface area contributed by atoms with Crippen molar-refractivity contribution in [3.05, 3.63) is 54.2 Å². The van der Waals surface area contributed by atoms with E-state index in [4.69, 9.17) is 14.1 Å². The Morgan fingerprint density at radius 2 is 1.93 bits per heavy atom. The fraction of sp³-hybridized carbons (Fsp3) is 0.391. The molecule has 146 valence electrons. The van der Waals surface area contributed by atoms with Crippen molar-refractivity contribution in [1.82, 2.24) is 14.9 Å². The number of ether oxygens (including phenoxy) is 1. The highest BCUT2D eigenvalue weighted by molar-refractivity contribution is 5.67. The molecule has 0 bridgehead atoms. The summed E-state index contributed by atoms with van der Waals surface area (Å²) >= 11 is 0. The van der Waals surface area contributed by atoms with Gasteiger partial charge in [-0.3, -0.25) is 4.98 Å². The first-order valence-corrected chi connectivity index (χ1v) is 9.94. The molecule has 5 heteroatoms. The van der Waals surface area contributed by atoms with Crippen LogP contribution in [0.2, 0.25) is 0 Å². The van der Waals surface area contributed by atoms with Crippen LogP contribution in [0.4, 0.5) is 0 Å². The van der Waals surface area contributed by atoms with E-state index in [9.17, 15) is 0 Å². The molecular weight excluding hydrogens is 350 g/mol. The topological polar surface area (TPSA) is 51.4 Å². The number of methoxy groups -OCH3 is 1. The van der Waals surface area contributed by atoms with Crippen LogP contribution < -0.4 is 4.74 Å². The zero-order chi connectivity index (χ0) is 19.5. The lowest BCUT2D eigenvalue weighted by Crippen LogP contribution is -2.29. The number of aryl methyl sites for hydroxylation is 1. The molecule has 0 unspecified atom stereocenters. The lowest BCUT2D eigenvalue weighted by molar-refractivity contribution is 0.271. The minimum Gasteiger partial charge on any atom is -0.495 e. The fourth-order valence-corrected chi connectivity index (χ4v) is 3.85. The lowest BCUT2D eigenvalue weighted by atomic mass is 10.1. The molecule has 1 aromatic carbocycles. The second kappa shape index (κ2) is 8.15. The second-order valence-electron chi connectivity index (χ2n) is 7.49. The summed E-state index contributed by atoms with van der Waals surface area (Å²) in [6, 6.07) is 10.9. The molecule has 4 rings (SSSR count). The number of hydrogen-bond donors (Lipinski definition) is 0. The van der Waals surface area contributed by atoms with E-state index in [1.807, 2.05) is 31.3 Å². The Morgan fingerprint density at radius 1 is 1.14 bits per heavy atom. The van der Waals surface area contributed by atoms with Crippen molar-refractivity contribution in [2.75, 3.05) is 20.2 Å². The summed E-state index contributed by atoms with van der Waals surface area (Å²) in [7, 11) is 1.65. The molecule has 1 aliphatic heterocycles. The molecule has 28 heavy (non-hydrogen) atoms. The number of aromatic nitrogens is 2. The van der Waals surface area contributed by atoms with Crippen LogP contribution in [-0.4, -0.2) is 41.1 Å². The molecule has 1 atom stereocenters. The van der Waals surface area contributed by atoms with E-state index >= 15 is 0 Å². The quantitative estimate of drug-likeness (QED) is 0.621. The third-order valence-electron chi connectivity index (χ3n) is 5.63. The van der Waals surface area contributed by atoms with Gasteiger partial charge >= 0.3 is 0 Å². The third kappa shape index (κ3) is 3.94. The number of rotatable bonds is 6. The maximum atomic E-state index is 5.96. The van der Waals surface area contributed by atoms with Gasteiger partial charge in [0.2, 0.25) is 5.89 Å². The average Bonchev–Trinajstić information content (AvgIpc) is 3.31. The van der Waals surface area contributed by atoms with Gasteiger partial charge in [-0.2, -0.15) is 0 Å². The Labute approximate surface area is 166 Å². The first-order chi connectivity index (χ1) is 13.6. The summed E-state index contributed by atoms with van der Waals surface area (Å²) in [4.78, 5) is 11.5. The zero-order valence-electron chi connectivity index (χ0n) is 16.8. The molecule has 5 nitrogen and oxygen atoms in total. The van der Waals surface area contributed by atoms with Gasteiger partial charge in [0.25, 0.3) is 0 Å². The minimum absolute atomic E-state index is 0.685. The Morgan fingerprint density at radius 3 is 2.64 bits per heavy atom. The standard InChI is InChI=1S/C23H27N3O2/c1-16-5-4-11-26(16)12-10-22-17(2)28-23(25-22)19-8-6-18(7-9-19)20-13-21(27-3)15-24-14-20/h6-9,13-16H,4-5,10-12H2,1-3H3/t16-/m1/s1. The average molecular weight is 377 g/mol. The van der Waals surface area contributed by atoms with Gasteiger partial charge in [-0.1, -0.05) is 12.1 Å². The van der Waals surface area contributed by atoms with Gasteiger partial charge in [-0.15, -0.1) is 0 Å². The van der Waals surface area contributed by atoms with Crippen LogP contribution in [0, 0.1) is 6.92 Å². The summed E-state index contributed by atoms with van der Waals surface area (Å²) < 4.78 is 11.2. The third-order valence-corrected chi connectivity index (χ3v) is 5.63. The summed E-state index contributed by atoms with van der Waals surface area (Å²) in [5.74, 6) is 2.36. The SMILES string of the molecule is COc1cncc(-c2ccc(-c3nc(CCN4CCC[C@H]4C)c(C)o3)cc2)c1. The largest absolute Gasteiger partial charge is 0.495 e. The number of likely N-dealkylation sites (tertiary alicyclic amines) is 1. The molecule has 3 aromatic rings. The molecular formula is C23H27N3O2. The van der Waals surface area contributed by atoms with Crippen molar-refractivity contribution < 1.29 is 9.15 Å². The molecule has 1 aliphatic rings. The number of nitrogens with zero attached hydrogens (tertiary/aromatic N) is 3. The van der Waals surface area contributed by atoms with Crippen LogP contribution in [0.1, 0.15) is 31.2 Å². The van der Waals surface area contributed by atoms with Crippen LogP contribution in [0.15, 0.2) is 47.1 Å². The number of benzene rings is 1. The van der Waals surface area contributed by atoms with Crippen molar-refractivity contribution in [3.63, 3.8) is 0 Å². The Bertz CT molecular complexity index is 933. The molecule has 0 spiro atoms. The minimum atomic E-state index is 0.685. The van der Waals surface area contributed by atoms with Gasteiger partial charge in [-0.25, -0.2) is 4.98 Å². The molecule has 2 aromatic heterocycles. The van der Waals surface area contributed by atoms with Crippen LogP contribution in [-0.2, 0) is 6.42 Å². The van der Waals surface area contributed by atoms with Gasteiger partial charge in [0, 0.05) is 36.3 Å².